The molecule has 2 aliphatic rings. The Balaban J connectivity index is 1.34. The third-order valence-electron chi connectivity index (χ3n) is 6.23. The van der Waals surface area contributed by atoms with Gasteiger partial charge in [0.15, 0.2) is 0 Å². The number of benzene rings is 2. The summed E-state index contributed by atoms with van der Waals surface area (Å²) in [6.45, 7) is 5.93. The van der Waals surface area contributed by atoms with Crippen molar-refractivity contribution in [3.05, 3.63) is 66.2 Å². The molecule has 2 atom stereocenters. The van der Waals surface area contributed by atoms with Crippen LogP contribution in [0, 0.1) is 18.8 Å². The van der Waals surface area contributed by atoms with E-state index < -0.39 is 17.8 Å². The number of aryl methyl sites for hydroxylation is 1. The summed E-state index contributed by atoms with van der Waals surface area (Å²) in [6, 6.07) is 16.4. The van der Waals surface area contributed by atoms with Crippen LogP contribution in [0.3, 0.4) is 0 Å². The smallest absolute Gasteiger partial charge is 0.307 e. The minimum Gasteiger partial charge on any atom is -0.481 e. The van der Waals surface area contributed by atoms with Crippen molar-refractivity contribution in [2.24, 2.45) is 11.8 Å². The summed E-state index contributed by atoms with van der Waals surface area (Å²) in [4.78, 5) is 28.9. The number of piperazine rings is 1. The molecule has 1 aliphatic carbocycles. The Morgan fingerprint density at radius 2 is 1.48 bits per heavy atom. The number of carbonyl (C=O) groups is 2. The molecule has 0 bridgehead atoms. The summed E-state index contributed by atoms with van der Waals surface area (Å²) in [5, 5.41) is 12.3. The van der Waals surface area contributed by atoms with Crippen LogP contribution in [-0.4, -0.2) is 43.2 Å². The van der Waals surface area contributed by atoms with Crippen LogP contribution in [0.25, 0.3) is 0 Å². The van der Waals surface area contributed by atoms with E-state index in [-0.39, 0.29) is 5.91 Å². The standard InChI is InChI=1S/C25H29N3O3/c1-18-5-4-6-21(17-18)28-15-13-27(14-16-28)20-11-9-19(10-12-20)26-24(29)22-7-2-3-8-23(22)25(30)31/h2-6,9-12,17,22-23H,7-8,13-16H2,1H3,(H,26,29)(H,30,31). The van der Waals surface area contributed by atoms with E-state index in [0.717, 1.165) is 31.9 Å². The molecule has 2 N–H and O–H groups in total. The molecular weight excluding hydrogens is 390 g/mol. The fourth-order valence-electron chi connectivity index (χ4n) is 4.41. The second-order valence-corrected chi connectivity index (χ2v) is 8.34. The lowest BCUT2D eigenvalue weighted by molar-refractivity contribution is -0.146. The van der Waals surface area contributed by atoms with Crippen molar-refractivity contribution in [1.82, 2.24) is 0 Å². The Morgan fingerprint density at radius 1 is 0.871 bits per heavy atom. The van der Waals surface area contributed by atoms with E-state index in [2.05, 4.69) is 46.3 Å². The maximum atomic E-state index is 12.6. The number of rotatable bonds is 5. The molecular formula is C25H29N3O3. The average Bonchev–Trinajstić information content (AvgIpc) is 2.79. The molecule has 4 rings (SSSR count). The molecule has 0 saturated carbocycles. The molecule has 1 aliphatic heterocycles. The molecule has 1 fully saturated rings. The topological polar surface area (TPSA) is 72.9 Å². The predicted molar refractivity (Wildman–Crippen MR) is 124 cm³/mol. The van der Waals surface area contributed by atoms with Gasteiger partial charge in [-0.05, 0) is 61.7 Å². The first kappa shape index (κ1) is 21.0. The first-order chi connectivity index (χ1) is 15.0. The van der Waals surface area contributed by atoms with E-state index in [1.54, 1.807) is 0 Å². The lowest BCUT2D eigenvalue weighted by Gasteiger charge is -2.37. The van der Waals surface area contributed by atoms with Crippen LogP contribution in [0.15, 0.2) is 60.7 Å². The molecule has 1 saturated heterocycles. The summed E-state index contributed by atoms with van der Waals surface area (Å²) >= 11 is 0. The van der Waals surface area contributed by atoms with Gasteiger partial charge in [0.1, 0.15) is 0 Å². The molecule has 2 unspecified atom stereocenters. The number of carbonyl (C=O) groups excluding carboxylic acids is 1. The quantitative estimate of drug-likeness (QED) is 0.719. The SMILES string of the molecule is Cc1cccc(N2CCN(c3ccc(NC(=O)C4CC=CCC4C(=O)O)cc3)CC2)c1. The lowest BCUT2D eigenvalue weighted by Crippen LogP contribution is -2.46. The second-order valence-electron chi connectivity index (χ2n) is 8.34. The summed E-state index contributed by atoms with van der Waals surface area (Å²) in [5.41, 5.74) is 4.38. The molecule has 6 heteroatoms. The van der Waals surface area contributed by atoms with E-state index in [4.69, 9.17) is 0 Å². The highest BCUT2D eigenvalue weighted by Crippen LogP contribution is 2.28. The number of carboxylic acids is 1. The number of allylic oxidation sites excluding steroid dienone is 2. The van der Waals surface area contributed by atoms with Crippen molar-refractivity contribution in [1.29, 1.82) is 0 Å². The van der Waals surface area contributed by atoms with Gasteiger partial charge >= 0.3 is 5.97 Å². The van der Waals surface area contributed by atoms with Gasteiger partial charge in [-0.15, -0.1) is 0 Å². The van der Waals surface area contributed by atoms with Gasteiger partial charge in [-0.2, -0.15) is 0 Å². The number of carboxylic acid groups (broad SMARTS) is 1. The number of hydrogen-bond acceptors (Lipinski definition) is 4. The molecule has 0 spiro atoms. The van der Waals surface area contributed by atoms with Crippen LogP contribution in [0.1, 0.15) is 18.4 Å². The molecule has 6 nitrogen and oxygen atoms in total. The van der Waals surface area contributed by atoms with Crippen molar-refractivity contribution in [2.75, 3.05) is 41.3 Å². The lowest BCUT2D eigenvalue weighted by atomic mass is 9.82. The van der Waals surface area contributed by atoms with E-state index in [9.17, 15) is 14.7 Å². The Bertz CT molecular complexity index is 962. The first-order valence-electron chi connectivity index (χ1n) is 10.9. The van der Waals surface area contributed by atoms with Crippen molar-refractivity contribution in [2.45, 2.75) is 19.8 Å². The Kier molecular flexibility index (Phi) is 6.26. The second kappa shape index (κ2) is 9.25. The van der Waals surface area contributed by atoms with E-state index in [1.807, 2.05) is 36.4 Å². The minimum atomic E-state index is -0.912. The summed E-state index contributed by atoms with van der Waals surface area (Å²) in [7, 11) is 0. The molecule has 2 aromatic rings. The van der Waals surface area contributed by atoms with E-state index in [1.165, 1.54) is 11.3 Å². The Hall–Kier alpha value is -3.28. The van der Waals surface area contributed by atoms with Crippen LogP contribution in [-0.2, 0) is 9.59 Å². The van der Waals surface area contributed by atoms with Crippen LogP contribution in [0.5, 0.6) is 0 Å². The van der Waals surface area contributed by atoms with Crippen LogP contribution < -0.4 is 15.1 Å². The summed E-state index contributed by atoms with van der Waals surface area (Å²) in [5.74, 6) is -2.33. The maximum Gasteiger partial charge on any atom is 0.307 e. The van der Waals surface area contributed by atoms with Crippen molar-refractivity contribution >= 4 is 28.9 Å². The number of anilines is 3. The van der Waals surface area contributed by atoms with Gasteiger partial charge in [0, 0.05) is 43.2 Å². The number of hydrogen-bond donors (Lipinski definition) is 2. The highest BCUT2D eigenvalue weighted by Gasteiger charge is 2.34. The highest BCUT2D eigenvalue weighted by atomic mass is 16.4. The highest BCUT2D eigenvalue weighted by molar-refractivity contribution is 5.95. The van der Waals surface area contributed by atoms with Gasteiger partial charge < -0.3 is 20.2 Å². The predicted octanol–water partition coefficient (Wildman–Crippen LogP) is 3.93. The van der Waals surface area contributed by atoms with Gasteiger partial charge in [0.05, 0.1) is 11.8 Å². The normalized spacial score (nSPS) is 21.1. The van der Waals surface area contributed by atoms with Crippen molar-refractivity contribution < 1.29 is 14.7 Å². The van der Waals surface area contributed by atoms with Gasteiger partial charge in [0.25, 0.3) is 0 Å². The van der Waals surface area contributed by atoms with E-state index >= 15 is 0 Å². The molecule has 0 aromatic heterocycles. The van der Waals surface area contributed by atoms with Gasteiger partial charge in [-0.3, -0.25) is 9.59 Å². The van der Waals surface area contributed by atoms with Crippen molar-refractivity contribution in [3.63, 3.8) is 0 Å². The van der Waals surface area contributed by atoms with Gasteiger partial charge in [-0.25, -0.2) is 0 Å². The third kappa shape index (κ3) is 4.90. The van der Waals surface area contributed by atoms with Gasteiger partial charge in [-0.1, -0.05) is 24.3 Å². The molecule has 0 radical (unpaired) electrons. The monoisotopic (exact) mass is 419 g/mol. The van der Waals surface area contributed by atoms with E-state index in [0.29, 0.717) is 18.5 Å². The summed E-state index contributed by atoms with van der Waals surface area (Å²) < 4.78 is 0. The number of aliphatic carboxylic acids is 1. The number of nitrogens with zero attached hydrogens (tertiary/aromatic N) is 2. The third-order valence-corrected chi connectivity index (χ3v) is 6.23. The van der Waals surface area contributed by atoms with Gasteiger partial charge in [0.2, 0.25) is 5.91 Å². The zero-order valence-corrected chi connectivity index (χ0v) is 17.8. The molecule has 31 heavy (non-hydrogen) atoms. The van der Waals surface area contributed by atoms with Crippen LogP contribution >= 0.6 is 0 Å². The minimum absolute atomic E-state index is 0.226. The summed E-state index contributed by atoms with van der Waals surface area (Å²) in [6.07, 6.45) is 4.60. The number of amides is 1. The maximum absolute atomic E-state index is 12.6. The van der Waals surface area contributed by atoms with Crippen LogP contribution in [0.4, 0.5) is 17.1 Å². The first-order valence-corrected chi connectivity index (χ1v) is 10.9. The number of nitrogens with one attached hydrogen (secondary N) is 1. The zero-order chi connectivity index (χ0) is 21.8. The largest absolute Gasteiger partial charge is 0.481 e. The molecule has 1 heterocycles. The van der Waals surface area contributed by atoms with Crippen LogP contribution in [0.2, 0.25) is 0 Å². The average molecular weight is 420 g/mol. The van der Waals surface area contributed by atoms with Crippen molar-refractivity contribution in [3.8, 4) is 0 Å². The molecule has 1 amide bonds. The zero-order valence-electron chi connectivity index (χ0n) is 17.8. The Labute approximate surface area is 183 Å². The fourth-order valence-corrected chi connectivity index (χ4v) is 4.41. The Morgan fingerprint density at radius 3 is 2.10 bits per heavy atom. The molecule has 2 aromatic carbocycles. The fraction of sp³-hybridized carbons (Fsp3) is 0.360. The molecule has 162 valence electrons.